The summed E-state index contributed by atoms with van der Waals surface area (Å²) in [4.78, 5) is 5.58. The molecule has 1 heterocycles. The van der Waals surface area contributed by atoms with Gasteiger partial charge in [0, 0.05) is 17.1 Å². The first-order chi connectivity index (χ1) is 7.66. The van der Waals surface area contributed by atoms with Crippen LogP contribution >= 0.6 is 0 Å². The van der Waals surface area contributed by atoms with Gasteiger partial charge in [-0.2, -0.15) is 0 Å². The zero-order valence-corrected chi connectivity index (χ0v) is 10.4. The maximum Gasteiger partial charge on any atom is 0.0456 e. The van der Waals surface area contributed by atoms with E-state index in [0.29, 0.717) is 0 Å². The Labute approximate surface area is 97.3 Å². The van der Waals surface area contributed by atoms with E-state index in [9.17, 15) is 0 Å². The fourth-order valence-corrected chi connectivity index (χ4v) is 2.08. The van der Waals surface area contributed by atoms with Crippen LogP contribution in [0.1, 0.15) is 17.5 Å². The summed E-state index contributed by atoms with van der Waals surface area (Å²) in [6, 6.07) is 6.60. The zero-order valence-electron chi connectivity index (χ0n) is 10.4. The van der Waals surface area contributed by atoms with Crippen LogP contribution in [0.4, 0.5) is 0 Å². The Bertz CT molecular complexity index is 469. The van der Waals surface area contributed by atoms with Gasteiger partial charge in [-0.15, -0.1) is 0 Å². The molecule has 0 atom stereocenters. The second-order valence-electron chi connectivity index (χ2n) is 4.77. The number of aryl methyl sites for hydroxylation is 2. The molecule has 2 nitrogen and oxygen atoms in total. The van der Waals surface area contributed by atoms with Crippen LogP contribution in [0.2, 0.25) is 0 Å². The number of hydrogen-bond donors (Lipinski definition) is 1. The zero-order chi connectivity index (χ0) is 11.5. The van der Waals surface area contributed by atoms with Crippen LogP contribution in [0, 0.1) is 6.92 Å². The predicted molar refractivity (Wildman–Crippen MR) is 69.9 cm³/mol. The average Bonchev–Trinajstić information content (AvgIpc) is 2.60. The van der Waals surface area contributed by atoms with Gasteiger partial charge < -0.3 is 9.88 Å². The van der Waals surface area contributed by atoms with Crippen LogP contribution in [0.3, 0.4) is 0 Å². The molecule has 0 bridgehead atoms. The van der Waals surface area contributed by atoms with E-state index in [1.807, 2.05) is 0 Å². The highest BCUT2D eigenvalue weighted by Crippen LogP contribution is 2.20. The highest BCUT2D eigenvalue weighted by atomic mass is 15.0. The molecule has 0 aliphatic rings. The molecule has 2 rings (SSSR count). The fourth-order valence-electron chi connectivity index (χ4n) is 2.08. The molecule has 0 saturated carbocycles. The van der Waals surface area contributed by atoms with Crippen LogP contribution in [0.5, 0.6) is 0 Å². The Kier molecular flexibility index (Phi) is 3.30. The summed E-state index contributed by atoms with van der Waals surface area (Å²) in [5.41, 5.74) is 4.03. The fraction of sp³-hybridized carbons (Fsp3) is 0.429. The highest BCUT2D eigenvalue weighted by Gasteiger charge is 2.03. The monoisotopic (exact) mass is 216 g/mol. The van der Waals surface area contributed by atoms with E-state index in [1.165, 1.54) is 28.5 Å². The molecule has 0 radical (unpaired) electrons. The lowest BCUT2D eigenvalue weighted by Crippen LogP contribution is -2.13. The molecule has 0 fully saturated rings. The van der Waals surface area contributed by atoms with Crippen LogP contribution in [-0.2, 0) is 6.42 Å². The van der Waals surface area contributed by atoms with Crippen molar-refractivity contribution in [2.24, 2.45) is 0 Å². The molecule has 16 heavy (non-hydrogen) atoms. The summed E-state index contributed by atoms with van der Waals surface area (Å²) in [7, 11) is 4.25. The number of fused-ring (bicyclic) bond motifs is 1. The number of nitrogens with zero attached hydrogens (tertiary/aromatic N) is 1. The van der Waals surface area contributed by atoms with Gasteiger partial charge in [0.2, 0.25) is 0 Å². The van der Waals surface area contributed by atoms with Crippen molar-refractivity contribution >= 4 is 10.9 Å². The minimum atomic E-state index is 1.15. The van der Waals surface area contributed by atoms with Crippen LogP contribution in [0.15, 0.2) is 24.4 Å². The van der Waals surface area contributed by atoms with Crippen molar-refractivity contribution in [1.29, 1.82) is 0 Å². The molecule has 2 heteroatoms. The first-order valence-corrected chi connectivity index (χ1v) is 5.88. The standard InChI is InChI=1S/C14H20N2/c1-11-6-7-14-13(9-11)12(10-15-14)5-4-8-16(2)3/h6-7,9-10,15H,4-5,8H2,1-3H3. The Balaban J connectivity index is 2.15. The largest absolute Gasteiger partial charge is 0.361 e. The Hall–Kier alpha value is -1.28. The SMILES string of the molecule is Cc1ccc2[nH]cc(CCCN(C)C)c2c1. The molecule has 0 unspecified atom stereocenters. The molecule has 0 aliphatic carbocycles. The molecule has 1 N–H and O–H groups in total. The summed E-state index contributed by atoms with van der Waals surface area (Å²) < 4.78 is 0. The number of rotatable bonds is 4. The molecule has 0 saturated heterocycles. The van der Waals surface area contributed by atoms with Crippen molar-refractivity contribution in [1.82, 2.24) is 9.88 Å². The normalized spacial score (nSPS) is 11.5. The smallest absolute Gasteiger partial charge is 0.0456 e. The quantitative estimate of drug-likeness (QED) is 0.832. The van der Waals surface area contributed by atoms with Crippen molar-refractivity contribution in [3.63, 3.8) is 0 Å². The molecule has 0 aliphatic heterocycles. The molecule has 1 aromatic carbocycles. The van der Waals surface area contributed by atoms with E-state index in [4.69, 9.17) is 0 Å². The second kappa shape index (κ2) is 4.71. The minimum Gasteiger partial charge on any atom is -0.361 e. The summed E-state index contributed by atoms with van der Waals surface area (Å²) in [5.74, 6) is 0. The van der Waals surface area contributed by atoms with Crippen LogP contribution < -0.4 is 0 Å². The van der Waals surface area contributed by atoms with E-state index in [-0.39, 0.29) is 0 Å². The van der Waals surface area contributed by atoms with Gasteiger partial charge in [-0.3, -0.25) is 0 Å². The Morgan fingerprint density at radius 1 is 1.25 bits per heavy atom. The summed E-state index contributed by atoms with van der Waals surface area (Å²) in [5, 5.41) is 1.39. The van der Waals surface area contributed by atoms with E-state index >= 15 is 0 Å². The average molecular weight is 216 g/mol. The number of H-pyrrole nitrogens is 1. The second-order valence-corrected chi connectivity index (χ2v) is 4.77. The van der Waals surface area contributed by atoms with Gasteiger partial charge in [0.1, 0.15) is 0 Å². The third-order valence-electron chi connectivity index (χ3n) is 2.97. The van der Waals surface area contributed by atoms with E-state index in [2.05, 4.69) is 55.3 Å². The van der Waals surface area contributed by atoms with Gasteiger partial charge >= 0.3 is 0 Å². The third kappa shape index (κ3) is 2.45. The van der Waals surface area contributed by atoms with E-state index < -0.39 is 0 Å². The highest BCUT2D eigenvalue weighted by molar-refractivity contribution is 5.83. The lowest BCUT2D eigenvalue weighted by Gasteiger charge is -2.08. The third-order valence-corrected chi connectivity index (χ3v) is 2.97. The number of aromatic amines is 1. The predicted octanol–water partition coefficient (Wildman–Crippen LogP) is 2.97. The van der Waals surface area contributed by atoms with Crippen molar-refractivity contribution < 1.29 is 0 Å². The molecule has 86 valence electrons. The van der Waals surface area contributed by atoms with Gasteiger partial charge in [-0.25, -0.2) is 0 Å². The van der Waals surface area contributed by atoms with E-state index in [1.54, 1.807) is 0 Å². The van der Waals surface area contributed by atoms with Gasteiger partial charge in [-0.1, -0.05) is 11.6 Å². The molecular weight excluding hydrogens is 196 g/mol. The van der Waals surface area contributed by atoms with Crippen LogP contribution in [-0.4, -0.2) is 30.5 Å². The summed E-state index contributed by atoms with van der Waals surface area (Å²) >= 11 is 0. The first-order valence-electron chi connectivity index (χ1n) is 5.88. The molecule has 2 aromatic rings. The molecule has 0 spiro atoms. The van der Waals surface area contributed by atoms with Crippen molar-refractivity contribution in [3.05, 3.63) is 35.5 Å². The van der Waals surface area contributed by atoms with Crippen LogP contribution in [0.25, 0.3) is 10.9 Å². The maximum atomic E-state index is 3.34. The number of aromatic nitrogens is 1. The first kappa shape index (κ1) is 11.2. The lowest BCUT2D eigenvalue weighted by molar-refractivity contribution is 0.400. The summed E-state index contributed by atoms with van der Waals surface area (Å²) in [6.45, 7) is 3.30. The molecule has 0 amide bonds. The van der Waals surface area contributed by atoms with E-state index in [0.717, 1.165) is 13.0 Å². The van der Waals surface area contributed by atoms with Crippen molar-refractivity contribution in [2.45, 2.75) is 19.8 Å². The van der Waals surface area contributed by atoms with Gasteiger partial charge in [0.25, 0.3) is 0 Å². The molecular formula is C14H20N2. The van der Waals surface area contributed by atoms with Crippen molar-refractivity contribution in [3.8, 4) is 0 Å². The lowest BCUT2D eigenvalue weighted by atomic mass is 10.1. The van der Waals surface area contributed by atoms with Gasteiger partial charge in [0.05, 0.1) is 0 Å². The Morgan fingerprint density at radius 2 is 2.06 bits per heavy atom. The number of benzene rings is 1. The summed E-state index contributed by atoms with van der Waals surface area (Å²) in [6.07, 6.45) is 4.52. The number of hydrogen-bond acceptors (Lipinski definition) is 1. The minimum absolute atomic E-state index is 1.15. The van der Waals surface area contributed by atoms with Crippen molar-refractivity contribution in [2.75, 3.05) is 20.6 Å². The van der Waals surface area contributed by atoms with Gasteiger partial charge in [0.15, 0.2) is 0 Å². The molecule has 1 aromatic heterocycles. The maximum absolute atomic E-state index is 3.34. The van der Waals surface area contributed by atoms with Gasteiger partial charge in [-0.05, 0) is 58.1 Å². The number of nitrogens with one attached hydrogen (secondary N) is 1. The topological polar surface area (TPSA) is 19.0 Å². The Morgan fingerprint density at radius 3 is 2.81 bits per heavy atom.